The minimum Gasteiger partial charge on any atom is -0.497 e. The van der Waals surface area contributed by atoms with Gasteiger partial charge in [0.1, 0.15) is 18.1 Å². The number of piperidine rings is 1. The molecule has 0 amide bonds. The van der Waals surface area contributed by atoms with Crippen molar-refractivity contribution in [2.45, 2.75) is 19.3 Å². The van der Waals surface area contributed by atoms with Crippen LogP contribution in [-0.4, -0.2) is 52.8 Å². The van der Waals surface area contributed by atoms with Gasteiger partial charge in [-0.2, -0.15) is 5.10 Å². The van der Waals surface area contributed by atoms with Gasteiger partial charge in [-0.15, -0.1) is 0 Å². The lowest BCUT2D eigenvalue weighted by molar-refractivity contribution is 0.183. The van der Waals surface area contributed by atoms with E-state index in [1.165, 1.54) is 32.4 Å². The van der Waals surface area contributed by atoms with Crippen molar-refractivity contribution in [3.63, 3.8) is 0 Å². The summed E-state index contributed by atoms with van der Waals surface area (Å²) in [6, 6.07) is 16.2. The molecule has 0 N–H and O–H groups in total. The Balaban J connectivity index is 1.28. The third-order valence-electron chi connectivity index (χ3n) is 6.05. The molecule has 5 rings (SSSR count). The molecular formula is C26H28N4O2. The molecule has 0 atom stereocenters. The maximum absolute atomic E-state index is 5.96. The molecule has 1 saturated heterocycles. The van der Waals surface area contributed by atoms with Gasteiger partial charge in [0.2, 0.25) is 0 Å². The number of ether oxygens (including phenoxy) is 2. The molecular weight excluding hydrogens is 400 g/mol. The molecule has 0 spiro atoms. The second-order valence-corrected chi connectivity index (χ2v) is 8.18. The number of methoxy groups -OCH3 is 1. The number of fused-ring (bicyclic) bond motifs is 1. The lowest BCUT2D eigenvalue weighted by Crippen LogP contribution is -2.33. The van der Waals surface area contributed by atoms with Gasteiger partial charge in [-0.1, -0.05) is 30.7 Å². The molecule has 0 saturated carbocycles. The lowest BCUT2D eigenvalue weighted by atomic mass is 10.1. The number of rotatable bonds is 7. The largest absolute Gasteiger partial charge is 0.497 e. The zero-order valence-electron chi connectivity index (χ0n) is 18.4. The van der Waals surface area contributed by atoms with E-state index < -0.39 is 0 Å². The Labute approximate surface area is 188 Å². The van der Waals surface area contributed by atoms with Crippen molar-refractivity contribution in [1.82, 2.24) is 19.5 Å². The molecule has 0 aliphatic carbocycles. The van der Waals surface area contributed by atoms with Gasteiger partial charge in [0.15, 0.2) is 5.65 Å². The van der Waals surface area contributed by atoms with Crippen LogP contribution in [-0.2, 0) is 0 Å². The van der Waals surface area contributed by atoms with Gasteiger partial charge < -0.3 is 9.47 Å². The van der Waals surface area contributed by atoms with Crippen LogP contribution < -0.4 is 9.47 Å². The predicted octanol–water partition coefficient (Wildman–Crippen LogP) is 4.94. The summed E-state index contributed by atoms with van der Waals surface area (Å²) in [5.41, 5.74) is 4.93. The molecule has 2 aromatic carbocycles. The van der Waals surface area contributed by atoms with Crippen LogP contribution in [0.15, 0.2) is 67.1 Å². The summed E-state index contributed by atoms with van der Waals surface area (Å²) < 4.78 is 13.1. The van der Waals surface area contributed by atoms with Gasteiger partial charge in [-0.3, -0.25) is 4.90 Å². The van der Waals surface area contributed by atoms with Gasteiger partial charge >= 0.3 is 0 Å². The van der Waals surface area contributed by atoms with Crippen LogP contribution in [0.2, 0.25) is 0 Å². The van der Waals surface area contributed by atoms with Gasteiger partial charge in [0.25, 0.3) is 0 Å². The quantitative estimate of drug-likeness (QED) is 0.417. The van der Waals surface area contributed by atoms with E-state index in [1.54, 1.807) is 7.11 Å². The highest BCUT2D eigenvalue weighted by molar-refractivity contribution is 5.78. The van der Waals surface area contributed by atoms with Gasteiger partial charge in [-0.25, -0.2) is 9.50 Å². The third kappa shape index (κ3) is 4.46. The van der Waals surface area contributed by atoms with E-state index >= 15 is 0 Å². The zero-order chi connectivity index (χ0) is 21.8. The Kier molecular flexibility index (Phi) is 6.03. The van der Waals surface area contributed by atoms with Crippen molar-refractivity contribution in [2.75, 3.05) is 33.4 Å². The Morgan fingerprint density at radius 1 is 0.875 bits per heavy atom. The van der Waals surface area contributed by atoms with Crippen LogP contribution in [0.5, 0.6) is 11.5 Å². The minimum absolute atomic E-state index is 0.729. The number of nitrogens with zero attached hydrogens (tertiary/aromatic N) is 4. The van der Waals surface area contributed by atoms with Crippen LogP contribution in [0, 0.1) is 0 Å². The lowest BCUT2D eigenvalue weighted by Gasteiger charge is -2.26. The van der Waals surface area contributed by atoms with E-state index in [2.05, 4.69) is 22.1 Å². The number of aromatic nitrogens is 3. The minimum atomic E-state index is 0.729. The summed E-state index contributed by atoms with van der Waals surface area (Å²) >= 11 is 0. The van der Waals surface area contributed by atoms with Gasteiger partial charge in [0.05, 0.1) is 13.3 Å². The van der Waals surface area contributed by atoms with E-state index in [-0.39, 0.29) is 0 Å². The van der Waals surface area contributed by atoms with Crippen molar-refractivity contribution >= 4 is 5.65 Å². The Hall–Kier alpha value is -3.38. The summed E-state index contributed by atoms with van der Waals surface area (Å²) in [6.45, 7) is 4.12. The van der Waals surface area contributed by atoms with E-state index in [0.717, 1.165) is 52.6 Å². The van der Waals surface area contributed by atoms with Gasteiger partial charge in [0, 0.05) is 30.1 Å². The SMILES string of the molecule is COc1cccc(-c2cnn3cc(-c4ccc(OCCN5CCCCC5)cc4)cnc23)c1. The fraction of sp³-hybridized carbons (Fsp3) is 0.308. The number of likely N-dealkylation sites (tertiary alicyclic amines) is 1. The molecule has 6 heteroatoms. The average molecular weight is 429 g/mol. The summed E-state index contributed by atoms with van der Waals surface area (Å²) in [5, 5.41) is 4.52. The Bertz CT molecular complexity index is 1180. The van der Waals surface area contributed by atoms with Crippen LogP contribution in [0.4, 0.5) is 0 Å². The molecule has 1 aliphatic heterocycles. The van der Waals surface area contributed by atoms with E-state index in [9.17, 15) is 0 Å². The fourth-order valence-electron chi connectivity index (χ4n) is 4.24. The molecule has 1 fully saturated rings. The first kappa shape index (κ1) is 20.5. The maximum atomic E-state index is 5.96. The molecule has 3 heterocycles. The first-order valence-electron chi connectivity index (χ1n) is 11.2. The number of hydrogen-bond acceptors (Lipinski definition) is 5. The molecule has 0 radical (unpaired) electrons. The summed E-state index contributed by atoms with van der Waals surface area (Å²) in [6.07, 6.45) is 9.74. The van der Waals surface area contributed by atoms with Crippen LogP contribution in [0.25, 0.3) is 27.9 Å². The van der Waals surface area contributed by atoms with Crippen molar-refractivity contribution in [1.29, 1.82) is 0 Å². The van der Waals surface area contributed by atoms with Crippen LogP contribution >= 0.6 is 0 Å². The van der Waals surface area contributed by atoms with E-state index in [0.29, 0.717) is 0 Å². The first-order valence-corrected chi connectivity index (χ1v) is 11.2. The molecule has 0 unspecified atom stereocenters. The summed E-state index contributed by atoms with van der Waals surface area (Å²) in [5.74, 6) is 1.72. The number of benzene rings is 2. The Morgan fingerprint density at radius 2 is 1.72 bits per heavy atom. The standard InChI is InChI=1S/C26H28N4O2/c1-31-24-7-5-6-21(16-24)25-18-28-30-19-22(17-27-26(25)30)20-8-10-23(11-9-20)32-15-14-29-12-3-2-4-13-29/h5-11,16-19H,2-4,12-15H2,1H3. The first-order chi connectivity index (χ1) is 15.8. The van der Waals surface area contributed by atoms with Crippen LogP contribution in [0.3, 0.4) is 0 Å². The van der Waals surface area contributed by atoms with E-state index in [4.69, 9.17) is 14.5 Å². The van der Waals surface area contributed by atoms with Crippen LogP contribution in [0.1, 0.15) is 19.3 Å². The smallest absolute Gasteiger partial charge is 0.162 e. The molecule has 32 heavy (non-hydrogen) atoms. The monoisotopic (exact) mass is 428 g/mol. The second kappa shape index (κ2) is 9.40. The van der Waals surface area contributed by atoms with Crippen molar-refractivity contribution < 1.29 is 9.47 Å². The normalized spacial score (nSPS) is 14.5. The second-order valence-electron chi connectivity index (χ2n) is 8.18. The molecule has 2 aromatic heterocycles. The molecule has 1 aliphatic rings. The summed E-state index contributed by atoms with van der Waals surface area (Å²) in [7, 11) is 1.67. The predicted molar refractivity (Wildman–Crippen MR) is 126 cm³/mol. The topological polar surface area (TPSA) is 51.9 Å². The molecule has 0 bridgehead atoms. The van der Waals surface area contributed by atoms with Crippen molar-refractivity contribution in [3.05, 3.63) is 67.1 Å². The van der Waals surface area contributed by atoms with E-state index in [1.807, 2.05) is 59.5 Å². The zero-order valence-corrected chi connectivity index (χ0v) is 18.4. The molecule has 4 aromatic rings. The third-order valence-corrected chi connectivity index (χ3v) is 6.05. The Morgan fingerprint density at radius 3 is 2.53 bits per heavy atom. The molecule has 6 nitrogen and oxygen atoms in total. The fourth-order valence-corrected chi connectivity index (χ4v) is 4.24. The summed E-state index contributed by atoms with van der Waals surface area (Å²) in [4.78, 5) is 7.18. The average Bonchev–Trinajstić information content (AvgIpc) is 3.28. The highest BCUT2D eigenvalue weighted by Gasteiger charge is 2.11. The van der Waals surface area contributed by atoms with Crippen molar-refractivity contribution in [3.8, 4) is 33.8 Å². The highest BCUT2D eigenvalue weighted by atomic mass is 16.5. The number of hydrogen-bond donors (Lipinski definition) is 0. The van der Waals surface area contributed by atoms with Crippen molar-refractivity contribution in [2.24, 2.45) is 0 Å². The highest BCUT2D eigenvalue weighted by Crippen LogP contribution is 2.28. The molecule has 164 valence electrons. The maximum Gasteiger partial charge on any atom is 0.162 e. The van der Waals surface area contributed by atoms with Gasteiger partial charge in [-0.05, 0) is 61.3 Å².